The summed E-state index contributed by atoms with van der Waals surface area (Å²) in [4.78, 5) is 24.8. The predicted molar refractivity (Wildman–Crippen MR) is 106 cm³/mol. The minimum absolute atomic E-state index is 0.0173. The molecular weight excluding hydrogens is 396 g/mol. The fraction of sp³-hybridized carbons (Fsp3) is 0.100. The molecule has 0 aliphatic carbocycles. The van der Waals surface area contributed by atoms with Crippen LogP contribution in [-0.4, -0.2) is 20.2 Å². The van der Waals surface area contributed by atoms with Gasteiger partial charge in [0.15, 0.2) is 0 Å². The maximum atomic E-state index is 12.8. The second-order valence-electron chi connectivity index (χ2n) is 6.33. The van der Waals surface area contributed by atoms with Crippen LogP contribution in [0.15, 0.2) is 75.1 Å². The smallest absolute Gasteiger partial charge is 0.252 e. The van der Waals surface area contributed by atoms with Crippen LogP contribution in [0.3, 0.4) is 0 Å². The molecule has 1 atom stereocenters. The number of fused-ring (bicyclic) bond motifs is 1. The summed E-state index contributed by atoms with van der Waals surface area (Å²) in [6.07, 6.45) is 0.0173. The van der Waals surface area contributed by atoms with Crippen LogP contribution in [0.5, 0.6) is 0 Å². The number of hydrogen-bond donors (Lipinski definition) is 2. The van der Waals surface area contributed by atoms with Crippen LogP contribution in [0.2, 0.25) is 0 Å². The minimum Gasteiger partial charge on any atom is -0.345 e. The first-order valence-electron chi connectivity index (χ1n) is 8.53. The number of hydrogen-bond acceptors (Lipinski definition) is 5. The Morgan fingerprint density at radius 1 is 1.04 bits per heavy atom. The third-order valence-electron chi connectivity index (χ3n) is 4.52. The van der Waals surface area contributed by atoms with E-state index in [1.165, 1.54) is 28.8 Å². The van der Waals surface area contributed by atoms with Gasteiger partial charge in [-0.1, -0.05) is 36.4 Å². The molecule has 3 aromatic rings. The average Bonchev–Trinajstić information content (AvgIpc) is 3.28. The van der Waals surface area contributed by atoms with E-state index in [0.29, 0.717) is 5.56 Å². The summed E-state index contributed by atoms with van der Waals surface area (Å²) in [6.45, 7) is 0. The molecule has 6 nitrogen and oxygen atoms in total. The summed E-state index contributed by atoms with van der Waals surface area (Å²) < 4.78 is 25.7. The first-order chi connectivity index (χ1) is 13.5. The van der Waals surface area contributed by atoms with E-state index < -0.39 is 15.9 Å². The summed E-state index contributed by atoms with van der Waals surface area (Å²) in [7, 11) is -3.73. The number of carbonyl (C=O) groups excluding carboxylic acids is 2. The van der Waals surface area contributed by atoms with Gasteiger partial charge in [0.1, 0.15) is 4.90 Å². The molecule has 2 aromatic carbocycles. The third kappa shape index (κ3) is 3.32. The highest BCUT2D eigenvalue weighted by molar-refractivity contribution is 7.91. The number of rotatable bonds is 5. The Balaban J connectivity index is 1.53. The van der Waals surface area contributed by atoms with Gasteiger partial charge in [-0.2, -0.15) is 0 Å². The highest BCUT2D eigenvalue weighted by Gasteiger charge is 2.30. The van der Waals surface area contributed by atoms with Crippen molar-refractivity contribution in [2.75, 3.05) is 5.32 Å². The first kappa shape index (κ1) is 18.4. The van der Waals surface area contributed by atoms with Crippen LogP contribution in [-0.2, 0) is 14.6 Å². The molecule has 4 rings (SSSR count). The SMILES string of the molecule is O=C(CC1NC(=O)c2ccccc21)Nc1cscc1S(=O)(=O)c1ccccc1. The summed E-state index contributed by atoms with van der Waals surface area (Å²) in [5, 5.41) is 8.56. The molecule has 28 heavy (non-hydrogen) atoms. The fourth-order valence-corrected chi connectivity index (χ4v) is 5.74. The van der Waals surface area contributed by atoms with E-state index in [4.69, 9.17) is 0 Å². The molecule has 0 fully saturated rings. The number of carbonyl (C=O) groups is 2. The summed E-state index contributed by atoms with van der Waals surface area (Å²) in [5.41, 5.74) is 1.57. The topological polar surface area (TPSA) is 92.3 Å². The molecule has 8 heteroatoms. The lowest BCUT2D eigenvalue weighted by Crippen LogP contribution is -2.24. The molecule has 142 valence electrons. The first-order valence-corrected chi connectivity index (χ1v) is 11.0. The van der Waals surface area contributed by atoms with Crippen LogP contribution in [0.4, 0.5) is 5.69 Å². The molecule has 2 heterocycles. The zero-order chi connectivity index (χ0) is 19.7. The molecule has 0 saturated carbocycles. The van der Waals surface area contributed by atoms with Gasteiger partial charge in [-0.05, 0) is 23.8 Å². The number of anilines is 1. The van der Waals surface area contributed by atoms with Gasteiger partial charge in [0.2, 0.25) is 15.7 Å². The van der Waals surface area contributed by atoms with E-state index in [9.17, 15) is 18.0 Å². The second kappa shape index (κ2) is 7.21. The Morgan fingerprint density at radius 2 is 1.75 bits per heavy atom. The lowest BCUT2D eigenvalue weighted by molar-refractivity contribution is -0.116. The molecule has 1 aliphatic rings. The molecular formula is C20H16N2O4S2. The second-order valence-corrected chi connectivity index (χ2v) is 8.99. The van der Waals surface area contributed by atoms with Crippen molar-refractivity contribution in [3.63, 3.8) is 0 Å². The number of sulfone groups is 1. The van der Waals surface area contributed by atoms with Gasteiger partial charge in [-0.25, -0.2) is 8.42 Å². The van der Waals surface area contributed by atoms with Gasteiger partial charge in [-0.15, -0.1) is 11.3 Å². The van der Waals surface area contributed by atoms with E-state index in [1.54, 1.807) is 41.8 Å². The van der Waals surface area contributed by atoms with Crippen molar-refractivity contribution in [3.05, 3.63) is 76.5 Å². The molecule has 2 amide bonds. The van der Waals surface area contributed by atoms with Crippen molar-refractivity contribution in [1.82, 2.24) is 5.32 Å². The van der Waals surface area contributed by atoms with Crippen LogP contribution >= 0.6 is 11.3 Å². The summed E-state index contributed by atoms with van der Waals surface area (Å²) in [6, 6.07) is 14.7. The Labute approximate surface area is 166 Å². The quantitative estimate of drug-likeness (QED) is 0.672. The van der Waals surface area contributed by atoms with Crippen LogP contribution in [0.1, 0.15) is 28.4 Å². The van der Waals surface area contributed by atoms with Crippen LogP contribution in [0, 0.1) is 0 Å². The Morgan fingerprint density at radius 3 is 2.54 bits per heavy atom. The van der Waals surface area contributed by atoms with E-state index in [1.807, 2.05) is 6.07 Å². The van der Waals surface area contributed by atoms with Gasteiger partial charge in [-0.3, -0.25) is 9.59 Å². The fourth-order valence-electron chi connectivity index (χ4n) is 3.18. The lowest BCUT2D eigenvalue weighted by Gasteiger charge is -2.12. The highest BCUT2D eigenvalue weighted by Crippen LogP contribution is 2.32. The zero-order valence-corrected chi connectivity index (χ0v) is 16.2. The normalized spacial score (nSPS) is 15.7. The van der Waals surface area contributed by atoms with Gasteiger partial charge < -0.3 is 10.6 Å². The van der Waals surface area contributed by atoms with Crippen LogP contribution in [0.25, 0.3) is 0 Å². The molecule has 2 N–H and O–H groups in total. The van der Waals surface area contributed by atoms with Crippen molar-refractivity contribution in [3.8, 4) is 0 Å². The molecule has 0 saturated heterocycles. The van der Waals surface area contributed by atoms with Crippen molar-refractivity contribution in [2.45, 2.75) is 22.3 Å². The molecule has 1 aliphatic heterocycles. The predicted octanol–water partition coefficient (Wildman–Crippen LogP) is 3.39. The average molecular weight is 412 g/mol. The largest absolute Gasteiger partial charge is 0.345 e. The van der Waals surface area contributed by atoms with E-state index in [0.717, 1.165) is 5.56 Å². The number of benzene rings is 2. The van der Waals surface area contributed by atoms with Gasteiger partial charge in [0.25, 0.3) is 5.91 Å². The van der Waals surface area contributed by atoms with Gasteiger partial charge in [0, 0.05) is 16.3 Å². The van der Waals surface area contributed by atoms with E-state index in [2.05, 4.69) is 10.6 Å². The maximum Gasteiger partial charge on any atom is 0.252 e. The standard InChI is InChI=1S/C20H16N2O4S2/c23-19(10-16-14-8-4-5-9-15(14)20(24)22-16)21-17-11-27-12-18(17)28(25,26)13-6-2-1-3-7-13/h1-9,11-12,16H,10H2,(H,21,23)(H,22,24). The lowest BCUT2D eigenvalue weighted by atomic mass is 10.0. The van der Waals surface area contributed by atoms with Gasteiger partial charge >= 0.3 is 0 Å². The molecule has 0 bridgehead atoms. The number of amides is 2. The Hall–Kier alpha value is -2.97. The number of thiophene rings is 1. The molecule has 0 radical (unpaired) electrons. The molecule has 1 unspecified atom stereocenters. The van der Waals surface area contributed by atoms with Crippen molar-refractivity contribution in [2.24, 2.45) is 0 Å². The highest BCUT2D eigenvalue weighted by atomic mass is 32.2. The zero-order valence-electron chi connectivity index (χ0n) is 14.6. The van der Waals surface area contributed by atoms with E-state index >= 15 is 0 Å². The molecule has 0 spiro atoms. The third-order valence-corrected chi connectivity index (χ3v) is 7.22. The van der Waals surface area contributed by atoms with E-state index in [-0.39, 0.29) is 33.7 Å². The van der Waals surface area contributed by atoms with Crippen molar-refractivity contribution in [1.29, 1.82) is 0 Å². The monoisotopic (exact) mass is 412 g/mol. The van der Waals surface area contributed by atoms with Gasteiger partial charge in [0.05, 0.1) is 23.0 Å². The van der Waals surface area contributed by atoms with Crippen LogP contribution < -0.4 is 10.6 Å². The Kier molecular flexibility index (Phi) is 4.74. The maximum absolute atomic E-state index is 12.8. The Bertz CT molecular complexity index is 1150. The van der Waals surface area contributed by atoms with Crippen molar-refractivity contribution >= 4 is 38.7 Å². The molecule has 1 aromatic heterocycles. The van der Waals surface area contributed by atoms with Crippen molar-refractivity contribution < 1.29 is 18.0 Å². The minimum atomic E-state index is -3.73. The summed E-state index contributed by atoms with van der Waals surface area (Å²) in [5.74, 6) is -0.582. The summed E-state index contributed by atoms with van der Waals surface area (Å²) >= 11 is 1.20. The number of nitrogens with one attached hydrogen (secondary N) is 2.